The van der Waals surface area contributed by atoms with Gasteiger partial charge in [-0.2, -0.15) is 11.8 Å². The number of amidine groups is 1. The zero-order valence-corrected chi connectivity index (χ0v) is 44.3. The van der Waals surface area contributed by atoms with Crippen molar-refractivity contribution in [1.29, 1.82) is 0 Å². The minimum absolute atomic E-state index is 0.0253. The molecule has 5 atom stereocenters. The topological polar surface area (TPSA) is 269 Å². The molecule has 0 spiro atoms. The number of thioether (sulfide) groups is 2. The second-order valence-electron chi connectivity index (χ2n) is 19.0. The van der Waals surface area contributed by atoms with Gasteiger partial charge in [0, 0.05) is 103 Å². The predicted octanol–water partition coefficient (Wildman–Crippen LogP) is 4.52. The van der Waals surface area contributed by atoms with Gasteiger partial charge >= 0.3 is 23.9 Å². The molecule has 18 nitrogen and oxygen atoms in total. The van der Waals surface area contributed by atoms with Crippen molar-refractivity contribution in [2.45, 2.75) is 109 Å². The van der Waals surface area contributed by atoms with E-state index < -0.39 is 46.9 Å². The predicted molar refractivity (Wildman–Crippen MR) is 280 cm³/mol. The van der Waals surface area contributed by atoms with E-state index >= 15 is 0 Å². The lowest BCUT2D eigenvalue weighted by Crippen LogP contribution is -2.48. The van der Waals surface area contributed by atoms with Crippen molar-refractivity contribution < 1.29 is 58.8 Å². The number of aliphatic imine (C=N–C) groups is 1. The summed E-state index contributed by atoms with van der Waals surface area (Å²) in [5, 5.41) is 38.3. The van der Waals surface area contributed by atoms with E-state index in [9.17, 15) is 58.8 Å². The van der Waals surface area contributed by atoms with Gasteiger partial charge in [0.2, 0.25) is 11.8 Å². The van der Waals surface area contributed by atoms with Crippen LogP contribution in [0.15, 0.2) is 29.3 Å². The van der Waals surface area contributed by atoms with Crippen LogP contribution in [0.5, 0.6) is 0 Å². The van der Waals surface area contributed by atoms with Crippen molar-refractivity contribution in [3.05, 3.63) is 35.4 Å². The number of nitrogens with zero attached hydrogens (tertiary/aromatic N) is 5. The summed E-state index contributed by atoms with van der Waals surface area (Å²) in [7, 11) is 1.62. The van der Waals surface area contributed by atoms with E-state index in [2.05, 4.69) is 4.99 Å². The molecule has 2 fully saturated rings. The van der Waals surface area contributed by atoms with Gasteiger partial charge in [0.05, 0.1) is 36.5 Å². The van der Waals surface area contributed by atoms with E-state index in [1.165, 1.54) is 16.7 Å². The summed E-state index contributed by atoms with van der Waals surface area (Å²) in [5.74, 6) is -5.33. The molecule has 21 heteroatoms. The van der Waals surface area contributed by atoms with Gasteiger partial charge in [-0.1, -0.05) is 56.8 Å². The first-order chi connectivity index (χ1) is 33.7. The first kappa shape index (κ1) is 61.0. The van der Waals surface area contributed by atoms with Crippen LogP contribution >= 0.6 is 35.7 Å². The molecule has 5 unspecified atom stereocenters. The van der Waals surface area contributed by atoms with Crippen LogP contribution in [0.1, 0.15) is 95.6 Å². The number of benzene rings is 1. The Kier molecular flexibility index (Phi) is 27.5. The van der Waals surface area contributed by atoms with Gasteiger partial charge in [-0.25, -0.2) is 0 Å². The second kappa shape index (κ2) is 32.0. The van der Waals surface area contributed by atoms with Crippen LogP contribution in [0.4, 0.5) is 0 Å². The van der Waals surface area contributed by atoms with E-state index in [-0.39, 0.29) is 93.6 Å². The number of rotatable bonds is 34. The van der Waals surface area contributed by atoms with Crippen molar-refractivity contribution in [2.75, 3.05) is 83.7 Å². The average Bonchev–Trinajstić information content (AvgIpc) is 3.61. The van der Waals surface area contributed by atoms with Crippen LogP contribution in [0.25, 0.3) is 0 Å². The highest BCUT2D eigenvalue weighted by Crippen LogP contribution is 2.29. The summed E-state index contributed by atoms with van der Waals surface area (Å²) < 4.78 is 0. The van der Waals surface area contributed by atoms with Crippen LogP contribution in [0.2, 0.25) is 0 Å². The molecule has 396 valence electrons. The Balaban J connectivity index is 1.61. The third kappa shape index (κ3) is 22.6. The Morgan fingerprint density at radius 3 is 2.06 bits per heavy atom. The van der Waals surface area contributed by atoms with Crippen LogP contribution in [-0.2, 0) is 51.2 Å². The molecule has 0 saturated carbocycles. The Morgan fingerprint density at radius 2 is 1.44 bits per heavy atom. The SMILES string of the molecule is CN=C(N)CCCSC1CC(=O)N(CCCCC(CC(=O)C(CC(=O)C(CCSC)CC(=S)Cc2ccc(CC3CN(CCC(=O)O)CCN(CC(=O)O)CCN3CC(=O)O)cc2)C(C)C)C(=O)O)C1=O. The smallest absolute Gasteiger partial charge is 0.317 e. The molecule has 71 heavy (non-hydrogen) atoms. The largest absolute Gasteiger partial charge is 0.481 e. The number of carboxylic acid groups (broad SMARTS) is 4. The maximum atomic E-state index is 14.0. The number of ketones is 2. The third-order valence-electron chi connectivity index (χ3n) is 13.3. The Morgan fingerprint density at radius 1 is 0.775 bits per heavy atom. The van der Waals surface area contributed by atoms with E-state index in [0.29, 0.717) is 99.9 Å². The van der Waals surface area contributed by atoms with Crippen LogP contribution in [0.3, 0.4) is 0 Å². The Bertz CT molecular complexity index is 2010. The number of imide groups is 1. The quantitative estimate of drug-likeness (QED) is 0.0209. The molecule has 3 rings (SSSR count). The van der Waals surface area contributed by atoms with E-state index in [4.69, 9.17) is 18.0 Å². The highest BCUT2D eigenvalue weighted by atomic mass is 32.2. The first-order valence-corrected chi connectivity index (χ1v) is 27.4. The number of carbonyl (C=O) groups excluding carboxylic acids is 4. The number of aliphatic carboxylic acids is 4. The number of carboxylic acids is 4. The Hall–Kier alpha value is -4.28. The second-order valence-corrected chi connectivity index (χ2v) is 21.9. The van der Waals surface area contributed by atoms with E-state index in [1.54, 1.807) is 23.7 Å². The molecule has 2 saturated heterocycles. The summed E-state index contributed by atoms with van der Waals surface area (Å²) in [6.07, 6.45) is 5.86. The molecule has 0 aliphatic carbocycles. The molecule has 2 amide bonds. The highest BCUT2D eigenvalue weighted by molar-refractivity contribution is 8.00. The van der Waals surface area contributed by atoms with Crippen molar-refractivity contribution in [3.63, 3.8) is 0 Å². The lowest BCUT2D eigenvalue weighted by atomic mass is 9.79. The molecule has 6 N–H and O–H groups in total. The first-order valence-electron chi connectivity index (χ1n) is 24.6. The number of likely N-dealkylation sites (tertiary alicyclic amines) is 1. The molecule has 0 aromatic heterocycles. The standard InChI is InChI=1S/C50H76N6O12S3/c1-33(2)40(42(58)27-37(50(67)68)8-5-6-16-56-45(59)29-43(49(56)66)71-22-7-9-44(51)52-3)28-41(57)36(15-23-70-4)26-39(69)25-35-12-10-34(11-13-35)24-38-30-53(17-14-46(60)61)18-19-54(31-47(62)63)20-21-55(38)32-48(64)65/h10-13,33,36-38,40,43H,5-9,14-32H2,1-4H3,(H2,51,52)(H,60,61)(H,62,63)(H,64,65)(H,67,68). The summed E-state index contributed by atoms with van der Waals surface area (Å²) in [6, 6.07) is 7.51. The molecule has 1 aromatic carbocycles. The van der Waals surface area contributed by atoms with E-state index in [1.807, 2.05) is 54.2 Å². The van der Waals surface area contributed by atoms with Gasteiger partial charge in [0.1, 0.15) is 11.6 Å². The number of hydrogen-bond donors (Lipinski definition) is 5. The van der Waals surface area contributed by atoms with Crippen molar-refractivity contribution >= 4 is 93.7 Å². The summed E-state index contributed by atoms with van der Waals surface area (Å²) in [5.41, 5.74) is 7.60. The molecule has 2 heterocycles. The number of unbranched alkanes of at least 4 members (excludes halogenated alkanes) is 1. The number of nitrogens with two attached hydrogens (primary N) is 1. The number of hydrogen-bond acceptors (Lipinski definition) is 15. The molecule has 0 bridgehead atoms. The molecule has 2 aliphatic rings. The van der Waals surface area contributed by atoms with Crippen molar-refractivity contribution in [1.82, 2.24) is 19.6 Å². The van der Waals surface area contributed by atoms with Crippen LogP contribution in [-0.4, -0.2) is 193 Å². The number of amides is 2. The summed E-state index contributed by atoms with van der Waals surface area (Å²) in [4.78, 5) is 112. The molecular weight excluding hydrogens is 973 g/mol. The fourth-order valence-corrected chi connectivity index (χ4v) is 11.1. The fourth-order valence-electron chi connectivity index (χ4n) is 9.09. The van der Waals surface area contributed by atoms with E-state index in [0.717, 1.165) is 17.5 Å². The lowest BCUT2D eigenvalue weighted by molar-refractivity contribution is -0.145. The van der Waals surface area contributed by atoms with Crippen LogP contribution < -0.4 is 5.73 Å². The highest BCUT2D eigenvalue weighted by Gasteiger charge is 2.38. The third-order valence-corrected chi connectivity index (χ3v) is 15.5. The average molecular weight is 1050 g/mol. The minimum atomic E-state index is -1.11. The van der Waals surface area contributed by atoms with Gasteiger partial charge in [0.15, 0.2) is 0 Å². The normalized spacial score (nSPS) is 18.9. The summed E-state index contributed by atoms with van der Waals surface area (Å²) >= 11 is 8.92. The van der Waals surface area contributed by atoms with Crippen molar-refractivity contribution in [3.8, 4) is 0 Å². The van der Waals surface area contributed by atoms with Crippen molar-refractivity contribution in [2.24, 2.45) is 34.4 Å². The van der Waals surface area contributed by atoms with Gasteiger partial charge in [-0.15, -0.1) is 11.8 Å². The summed E-state index contributed by atoms with van der Waals surface area (Å²) in [6.45, 7) is 5.53. The lowest BCUT2D eigenvalue weighted by Gasteiger charge is -2.33. The monoisotopic (exact) mass is 1050 g/mol. The number of carbonyl (C=O) groups is 8. The molecule has 1 aromatic rings. The maximum absolute atomic E-state index is 14.0. The Labute approximate surface area is 432 Å². The van der Waals surface area contributed by atoms with Gasteiger partial charge in [-0.05, 0) is 78.2 Å². The minimum Gasteiger partial charge on any atom is -0.481 e. The van der Waals surface area contributed by atoms with Crippen LogP contribution in [0, 0.1) is 23.7 Å². The molecular formula is C50H76N6O12S3. The fraction of sp³-hybridized carbons (Fsp3) is 0.680. The number of thiocarbonyl (C=S) groups is 1. The zero-order chi connectivity index (χ0) is 52.6. The maximum Gasteiger partial charge on any atom is 0.317 e. The molecule has 0 radical (unpaired) electrons. The molecule has 2 aliphatic heterocycles. The zero-order valence-electron chi connectivity index (χ0n) is 41.8. The van der Waals surface area contributed by atoms with Gasteiger partial charge < -0.3 is 26.2 Å². The van der Waals surface area contributed by atoms with Gasteiger partial charge in [-0.3, -0.25) is 62.9 Å². The number of Topliss-reactive ketones (excluding diaryl/α,β-unsaturated/α-hetero) is 2. The van der Waals surface area contributed by atoms with Gasteiger partial charge in [0.25, 0.3) is 0 Å².